The first-order valence-corrected chi connectivity index (χ1v) is 7.82. The van der Waals surface area contributed by atoms with Crippen LogP contribution in [0.4, 0.5) is 0 Å². The third-order valence-electron chi connectivity index (χ3n) is 3.49. The Hall–Kier alpha value is -1.12. The predicted octanol–water partition coefficient (Wildman–Crippen LogP) is 5.10. The maximum absolute atomic E-state index is 3.77. The van der Waals surface area contributed by atoms with Gasteiger partial charge in [0.15, 0.2) is 0 Å². The summed E-state index contributed by atoms with van der Waals surface area (Å²) in [6.07, 6.45) is 0. The first-order valence-electron chi connectivity index (χ1n) is 6.94. The van der Waals surface area contributed by atoms with Crippen molar-refractivity contribution in [1.82, 2.24) is 5.32 Å². The summed E-state index contributed by atoms with van der Waals surface area (Å²) < 4.78 is 0. The van der Waals surface area contributed by atoms with E-state index >= 15 is 0 Å². The molecule has 0 amide bonds. The van der Waals surface area contributed by atoms with Crippen molar-refractivity contribution in [2.24, 2.45) is 5.92 Å². The summed E-state index contributed by atoms with van der Waals surface area (Å²) in [6, 6.07) is 13.9. The Balaban J connectivity index is 2.14. The zero-order valence-corrected chi connectivity index (χ0v) is 13.0. The van der Waals surface area contributed by atoms with E-state index in [2.05, 4.69) is 74.8 Å². The number of hydrogen-bond donors (Lipinski definition) is 1. The highest BCUT2D eigenvalue weighted by Crippen LogP contribution is 2.28. The van der Waals surface area contributed by atoms with Crippen molar-refractivity contribution in [2.45, 2.75) is 39.8 Å². The van der Waals surface area contributed by atoms with E-state index in [0.29, 0.717) is 18.0 Å². The van der Waals surface area contributed by atoms with E-state index in [9.17, 15) is 0 Å². The van der Waals surface area contributed by atoms with Gasteiger partial charge in [-0.3, -0.25) is 0 Å². The summed E-state index contributed by atoms with van der Waals surface area (Å²) in [7, 11) is 0. The molecule has 0 saturated carbocycles. The van der Waals surface area contributed by atoms with E-state index in [1.54, 1.807) is 0 Å². The second kappa shape index (κ2) is 6.36. The highest BCUT2D eigenvalue weighted by Gasteiger charge is 2.19. The van der Waals surface area contributed by atoms with Gasteiger partial charge in [0.2, 0.25) is 0 Å². The van der Waals surface area contributed by atoms with Crippen LogP contribution >= 0.6 is 11.3 Å². The maximum atomic E-state index is 3.77. The molecule has 19 heavy (non-hydrogen) atoms. The van der Waals surface area contributed by atoms with Crippen LogP contribution in [0.1, 0.15) is 48.9 Å². The van der Waals surface area contributed by atoms with E-state index in [1.807, 2.05) is 11.3 Å². The van der Waals surface area contributed by atoms with Gasteiger partial charge >= 0.3 is 0 Å². The topological polar surface area (TPSA) is 12.0 Å². The lowest BCUT2D eigenvalue weighted by atomic mass is 9.99. The van der Waals surface area contributed by atoms with Crippen LogP contribution in [0.25, 0.3) is 0 Å². The third-order valence-corrected chi connectivity index (χ3v) is 4.44. The summed E-state index contributed by atoms with van der Waals surface area (Å²) in [6.45, 7) is 8.95. The summed E-state index contributed by atoms with van der Waals surface area (Å²) in [4.78, 5) is 1.43. The van der Waals surface area contributed by atoms with Crippen molar-refractivity contribution in [3.05, 3.63) is 57.8 Å². The van der Waals surface area contributed by atoms with Crippen molar-refractivity contribution in [2.75, 3.05) is 0 Å². The second-order valence-electron chi connectivity index (χ2n) is 5.54. The molecule has 1 aromatic heterocycles. The first kappa shape index (κ1) is 14.3. The Morgan fingerprint density at radius 3 is 2.42 bits per heavy atom. The van der Waals surface area contributed by atoms with Crippen molar-refractivity contribution in [3.8, 4) is 0 Å². The van der Waals surface area contributed by atoms with E-state index in [4.69, 9.17) is 0 Å². The molecule has 102 valence electrons. The molecule has 0 radical (unpaired) electrons. The Morgan fingerprint density at radius 1 is 1.05 bits per heavy atom. The molecular formula is C17H23NS. The van der Waals surface area contributed by atoms with Crippen molar-refractivity contribution in [1.29, 1.82) is 0 Å². The van der Waals surface area contributed by atoms with Gasteiger partial charge in [0.25, 0.3) is 0 Å². The molecule has 1 unspecified atom stereocenters. The predicted molar refractivity (Wildman–Crippen MR) is 84.6 cm³/mol. The van der Waals surface area contributed by atoms with Crippen molar-refractivity contribution in [3.63, 3.8) is 0 Å². The van der Waals surface area contributed by atoms with Gasteiger partial charge in [-0.2, -0.15) is 0 Å². The lowest BCUT2D eigenvalue weighted by Gasteiger charge is -2.26. The summed E-state index contributed by atoms with van der Waals surface area (Å²) in [5.74, 6) is 0.589. The van der Waals surface area contributed by atoms with E-state index in [0.717, 1.165) is 0 Å². The molecule has 0 aliphatic rings. The molecule has 1 nitrogen and oxygen atoms in total. The van der Waals surface area contributed by atoms with E-state index in [-0.39, 0.29) is 0 Å². The van der Waals surface area contributed by atoms with Crippen molar-refractivity contribution >= 4 is 11.3 Å². The number of thiophene rings is 1. The maximum Gasteiger partial charge on any atom is 0.0442 e. The fraction of sp³-hybridized carbons (Fsp3) is 0.412. The molecular weight excluding hydrogens is 250 g/mol. The van der Waals surface area contributed by atoms with Crippen LogP contribution in [0.15, 0.2) is 41.8 Å². The van der Waals surface area contributed by atoms with Crippen LogP contribution in [0.5, 0.6) is 0 Å². The zero-order valence-electron chi connectivity index (χ0n) is 12.2. The SMILES string of the molecule is Cc1cccc([C@@H](C)NC(c2cccs2)C(C)C)c1. The molecule has 1 N–H and O–H groups in total. The molecule has 0 bridgehead atoms. The number of hydrogen-bond acceptors (Lipinski definition) is 2. The molecule has 1 heterocycles. The minimum atomic E-state index is 0.370. The number of nitrogens with one attached hydrogen (secondary N) is 1. The average Bonchev–Trinajstić information content (AvgIpc) is 2.88. The smallest absolute Gasteiger partial charge is 0.0442 e. The standard InChI is InChI=1S/C17H23NS/c1-12(2)17(16-9-6-10-19-16)18-14(4)15-8-5-7-13(3)11-15/h5-12,14,17-18H,1-4H3/t14-,17?/m1/s1. The zero-order chi connectivity index (χ0) is 13.8. The van der Waals surface area contributed by atoms with Gasteiger partial charge in [-0.15, -0.1) is 11.3 Å². The highest BCUT2D eigenvalue weighted by atomic mass is 32.1. The minimum absolute atomic E-state index is 0.370. The van der Waals surface area contributed by atoms with Gasteiger partial charge in [0.1, 0.15) is 0 Å². The molecule has 2 heteroatoms. The normalized spacial score (nSPS) is 14.6. The molecule has 2 rings (SSSR count). The fourth-order valence-corrected chi connectivity index (χ4v) is 3.33. The molecule has 2 atom stereocenters. The largest absolute Gasteiger partial charge is 0.302 e. The van der Waals surface area contributed by atoms with Gasteiger partial charge in [-0.25, -0.2) is 0 Å². The van der Waals surface area contributed by atoms with Crippen LogP contribution in [-0.4, -0.2) is 0 Å². The number of benzene rings is 1. The van der Waals surface area contributed by atoms with Crippen LogP contribution in [0.3, 0.4) is 0 Å². The summed E-state index contributed by atoms with van der Waals surface area (Å²) >= 11 is 1.84. The lowest BCUT2D eigenvalue weighted by molar-refractivity contribution is 0.379. The molecule has 0 fully saturated rings. The molecule has 0 spiro atoms. The molecule has 1 aromatic carbocycles. The van der Waals surface area contributed by atoms with Gasteiger partial charge < -0.3 is 5.32 Å². The van der Waals surface area contributed by atoms with Gasteiger partial charge in [-0.1, -0.05) is 49.7 Å². The molecule has 0 aliphatic heterocycles. The summed E-state index contributed by atoms with van der Waals surface area (Å²) in [5, 5.41) is 5.93. The lowest BCUT2D eigenvalue weighted by Crippen LogP contribution is -2.27. The minimum Gasteiger partial charge on any atom is -0.302 e. The van der Waals surface area contributed by atoms with Gasteiger partial charge in [-0.05, 0) is 36.8 Å². The third kappa shape index (κ3) is 3.68. The Morgan fingerprint density at radius 2 is 1.84 bits per heavy atom. The summed E-state index contributed by atoms with van der Waals surface area (Å²) in [5.41, 5.74) is 2.69. The van der Waals surface area contributed by atoms with Gasteiger partial charge in [0, 0.05) is 17.0 Å². The van der Waals surface area contributed by atoms with Gasteiger partial charge in [0.05, 0.1) is 0 Å². The Kier molecular flexibility index (Phi) is 4.78. The van der Waals surface area contributed by atoms with E-state index < -0.39 is 0 Å². The number of aryl methyl sites for hydroxylation is 1. The molecule has 0 saturated heterocycles. The van der Waals surface area contributed by atoms with Crippen LogP contribution in [0, 0.1) is 12.8 Å². The van der Waals surface area contributed by atoms with Crippen LogP contribution < -0.4 is 5.32 Å². The van der Waals surface area contributed by atoms with Crippen LogP contribution in [-0.2, 0) is 0 Å². The quantitative estimate of drug-likeness (QED) is 0.798. The molecule has 2 aromatic rings. The second-order valence-corrected chi connectivity index (χ2v) is 6.52. The Bertz CT molecular complexity index is 502. The van der Waals surface area contributed by atoms with E-state index in [1.165, 1.54) is 16.0 Å². The number of rotatable bonds is 5. The van der Waals surface area contributed by atoms with Crippen molar-refractivity contribution < 1.29 is 0 Å². The average molecular weight is 273 g/mol. The monoisotopic (exact) mass is 273 g/mol. The van der Waals surface area contributed by atoms with Crippen LogP contribution in [0.2, 0.25) is 0 Å². The fourth-order valence-electron chi connectivity index (χ4n) is 2.38. The molecule has 0 aliphatic carbocycles. The first-order chi connectivity index (χ1) is 9.08. The highest BCUT2D eigenvalue weighted by molar-refractivity contribution is 7.10. The Labute approximate surface area is 120 Å².